The van der Waals surface area contributed by atoms with Gasteiger partial charge in [-0.1, -0.05) is 6.07 Å². The maximum absolute atomic E-state index is 13.7. The average molecular weight is 265 g/mol. The van der Waals surface area contributed by atoms with Crippen molar-refractivity contribution in [3.63, 3.8) is 0 Å². The van der Waals surface area contributed by atoms with Crippen molar-refractivity contribution < 1.29 is 19.1 Å². The minimum absolute atomic E-state index is 0.0159. The van der Waals surface area contributed by atoms with Crippen molar-refractivity contribution in [1.29, 1.82) is 0 Å². The van der Waals surface area contributed by atoms with Gasteiger partial charge >= 0.3 is 5.97 Å². The highest BCUT2D eigenvalue weighted by molar-refractivity contribution is 5.94. The minimum atomic E-state index is -1.15. The molecule has 0 saturated heterocycles. The molecule has 0 aliphatic rings. The van der Waals surface area contributed by atoms with Crippen molar-refractivity contribution in [2.24, 2.45) is 0 Å². The van der Waals surface area contributed by atoms with Crippen molar-refractivity contribution in [2.75, 3.05) is 7.05 Å². The molecule has 1 aromatic carbocycles. The molecule has 0 saturated carbocycles. The summed E-state index contributed by atoms with van der Waals surface area (Å²) in [4.78, 5) is 23.8. The van der Waals surface area contributed by atoms with Gasteiger partial charge in [0.1, 0.15) is 5.82 Å². The van der Waals surface area contributed by atoms with Gasteiger partial charge in [0.15, 0.2) is 0 Å². The minimum Gasteiger partial charge on any atom is -0.478 e. The van der Waals surface area contributed by atoms with Gasteiger partial charge < -0.3 is 10.0 Å². The van der Waals surface area contributed by atoms with Gasteiger partial charge in [0.25, 0.3) is 5.91 Å². The number of carboxylic acids is 1. The summed E-state index contributed by atoms with van der Waals surface area (Å²) in [5.74, 6) is -2.05. The molecule has 1 amide bonds. The van der Waals surface area contributed by atoms with E-state index in [2.05, 4.69) is 0 Å². The lowest BCUT2D eigenvalue weighted by molar-refractivity contribution is -0.131. The van der Waals surface area contributed by atoms with Crippen LogP contribution in [0.3, 0.4) is 0 Å². The van der Waals surface area contributed by atoms with Crippen LogP contribution in [0.25, 0.3) is 6.08 Å². The van der Waals surface area contributed by atoms with Gasteiger partial charge in [0.05, 0.1) is 0 Å². The molecular formula is C14H16FNO3. The molecule has 102 valence electrons. The number of halogens is 1. The number of benzene rings is 1. The molecule has 1 N–H and O–H groups in total. The molecule has 0 bridgehead atoms. The molecule has 0 spiro atoms. The maximum atomic E-state index is 13.7. The molecule has 0 unspecified atom stereocenters. The number of nitrogens with zero attached hydrogens (tertiary/aromatic N) is 1. The fourth-order valence-electron chi connectivity index (χ4n) is 1.39. The number of hydrogen-bond acceptors (Lipinski definition) is 2. The SMILES string of the molecule is CC(C)N(C)C(=O)c1ccc(C=CC(=O)O)c(F)c1. The Bertz CT molecular complexity index is 523. The summed E-state index contributed by atoms with van der Waals surface area (Å²) in [7, 11) is 1.64. The van der Waals surface area contributed by atoms with E-state index in [1.165, 1.54) is 17.0 Å². The highest BCUT2D eigenvalue weighted by atomic mass is 19.1. The van der Waals surface area contributed by atoms with Gasteiger partial charge in [-0.25, -0.2) is 9.18 Å². The number of carboxylic acid groups (broad SMARTS) is 1. The van der Waals surface area contributed by atoms with Crippen LogP contribution in [-0.2, 0) is 4.79 Å². The maximum Gasteiger partial charge on any atom is 0.328 e. The van der Waals surface area contributed by atoms with Crippen molar-refractivity contribution in [1.82, 2.24) is 4.90 Å². The van der Waals surface area contributed by atoms with E-state index in [9.17, 15) is 14.0 Å². The topological polar surface area (TPSA) is 57.6 Å². The Balaban J connectivity index is 3.00. The number of carbonyl (C=O) groups is 2. The molecule has 0 radical (unpaired) electrons. The first-order valence-electron chi connectivity index (χ1n) is 5.80. The zero-order valence-corrected chi connectivity index (χ0v) is 11.1. The lowest BCUT2D eigenvalue weighted by Gasteiger charge is -2.21. The fraction of sp³-hybridized carbons (Fsp3) is 0.286. The van der Waals surface area contributed by atoms with Crippen LogP contribution in [0.15, 0.2) is 24.3 Å². The molecule has 4 nitrogen and oxygen atoms in total. The Morgan fingerprint density at radius 3 is 2.47 bits per heavy atom. The third-order valence-corrected chi connectivity index (χ3v) is 2.75. The molecule has 1 aromatic rings. The second kappa shape index (κ2) is 6.13. The zero-order valence-electron chi connectivity index (χ0n) is 11.1. The lowest BCUT2D eigenvalue weighted by Crippen LogP contribution is -2.33. The Morgan fingerprint density at radius 2 is 2.00 bits per heavy atom. The number of hydrogen-bond donors (Lipinski definition) is 1. The third-order valence-electron chi connectivity index (χ3n) is 2.75. The summed E-state index contributed by atoms with van der Waals surface area (Å²) in [5, 5.41) is 8.47. The summed E-state index contributed by atoms with van der Waals surface area (Å²) >= 11 is 0. The van der Waals surface area contributed by atoms with Gasteiger partial charge in [-0.3, -0.25) is 4.79 Å². The summed E-state index contributed by atoms with van der Waals surface area (Å²) in [5.41, 5.74) is 0.368. The van der Waals surface area contributed by atoms with E-state index < -0.39 is 11.8 Å². The van der Waals surface area contributed by atoms with Crippen molar-refractivity contribution in [3.8, 4) is 0 Å². The van der Waals surface area contributed by atoms with E-state index in [-0.39, 0.29) is 23.1 Å². The van der Waals surface area contributed by atoms with E-state index in [4.69, 9.17) is 5.11 Å². The van der Waals surface area contributed by atoms with Gasteiger partial charge in [0, 0.05) is 30.3 Å². The first-order chi connectivity index (χ1) is 8.82. The van der Waals surface area contributed by atoms with E-state index in [1.54, 1.807) is 7.05 Å². The van der Waals surface area contributed by atoms with Crippen LogP contribution in [0.1, 0.15) is 29.8 Å². The van der Waals surface area contributed by atoms with Crippen molar-refractivity contribution in [3.05, 3.63) is 41.2 Å². The van der Waals surface area contributed by atoms with E-state index in [0.29, 0.717) is 0 Å². The van der Waals surface area contributed by atoms with Gasteiger partial charge in [-0.15, -0.1) is 0 Å². The van der Waals surface area contributed by atoms with Gasteiger partial charge in [-0.2, -0.15) is 0 Å². The fourth-order valence-corrected chi connectivity index (χ4v) is 1.39. The largest absolute Gasteiger partial charge is 0.478 e. The predicted octanol–water partition coefficient (Wildman–Crippen LogP) is 2.40. The summed E-state index contributed by atoms with van der Waals surface area (Å²) in [6.45, 7) is 3.72. The van der Waals surface area contributed by atoms with Crippen molar-refractivity contribution >= 4 is 18.0 Å². The average Bonchev–Trinajstić information content (AvgIpc) is 2.35. The first kappa shape index (κ1) is 14.9. The van der Waals surface area contributed by atoms with E-state index >= 15 is 0 Å². The summed E-state index contributed by atoms with van der Waals surface area (Å²) in [6.07, 6.45) is 2.00. The highest BCUT2D eigenvalue weighted by Gasteiger charge is 2.15. The van der Waals surface area contributed by atoms with Crippen LogP contribution in [0.4, 0.5) is 4.39 Å². The second-order valence-corrected chi connectivity index (χ2v) is 4.42. The molecule has 5 heteroatoms. The van der Waals surface area contributed by atoms with Crippen LogP contribution < -0.4 is 0 Å². The summed E-state index contributed by atoms with van der Waals surface area (Å²) in [6, 6.07) is 3.99. The number of amides is 1. The second-order valence-electron chi connectivity index (χ2n) is 4.42. The molecule has 1 rings (SSSR count). The molecule has 19 heavy (non-hydrogen) atoms. The Labute approximate surface area is 111 Å². The molecule has 0 fully saturated rings. The Morgan fingerprint density at radius 1 is 1.37 bits per heavy atom. The quantitative estimate of drug-likeness (QED) is 0.850. The van der Waals surface area contributed by atoms with Crippen LogP contribution >= 0.6 is 0 Å². The molecular weight excluding hydrogens is 249 g/mol. The molecule has 0 aliphatic heterocycles. The van der Waals surface area contributed by atoms with Crippen LogP contribution in [0, 0.1) is 5.82 Å². The van der Waals surface area contributed by atoms with Crippen LogP contribution in [0.5, 0.6) is 0 Å². The lowest BCUT2D eigenvalue weighted by atomic mass is 10.1. The van der Waals surface area contributed by atoms with E-state index in [1.807, 2.05) is 13.8 Å². The first-order valence-corrected chi connectivity index (χ1v) is 5.80. The Hall–Kier alpha value is -2.17. The standard InChI is InChI=1S/C14H16FNO3/c1-9(2)16(3)14(19)11-5-4-10(12(15)8-11)6-7-13(17)18/h4-9H,1-3H3,(H,17,18). The van der Waals surface area contributed by atoms with Crippen LogP contribution in [0.2, 0.25) is 0 Å². The summed E-state index contributed by atoms with van der Waals surface area (Å²) < 4.78 is 13.7. The Kier molecular flexibility index (Phi) is 4.80. The number of aliphatic carboxylic acids is 1. The molecule has 0 atom stereocenters. The van der Waals surface area contributed by atoms with Gasteiger partial charge in [0.2, 0.25) is 0 Å². The molecule has 0 heterocycles. The van der Waals surface area contributed by atoms with Crippen LogP contribution in [-0.4, -0.2) is 35.0 Å². The molecule has 0 aromatic heterocycles. The van der Waals surface area contributed by atoms with Gasteiger partial charge in [-0.05, 0) is 32.1 Å². The monoisotopic (exact) mass is 265 g/mol. The van der Waals surface area contributed by atoms with E-state index in [0.717, 1.165) is 18.2 Å². The predicted molar refractivity (Wildman–Crippen MR) is 70.3 cm³/mol. The zero-order chi connectivity index (χ0) is 14.6. The number of rotatable bonds is 4. The highest BCUT2D eigenvalue weighted by Crippen LogP contribution is 2.14. The normalized spacial score (nSPS) is 11.0. The third kappa shape index (κ3) is 3.91. The molecule has 0 aliphatic carbocycles. The van der Waals surface area contributed by atoms with Crippen molar-refractivity contribution in [2.45, 2.75) is 19.9 Å². The smallest absolute Gasteiger partial charge is 0.328 e. The number of carbonyl (C=O) groups excluding carboxylic acids is 1.